The van der Waals surface area contributed by atoms with E-state index in [9.17, 15) is 9.59 Å². The van der Waals surface area contributed by atoms with Crippen molar-refractivity contribution in [2.75, 3.05) is 7.11 Å². The Morgan fingerprint density at radius 2 is 1.83 bits per heavy atom. The Kier molecular flexibility index (Phi) is 3.58. The van der Waals surface area contributed by atoms with E-state index in [1.807, 2.05) is 43.3 Å². The average Bonchev–Trinajstić information content (AvgIpc) is 2.80. The van der Waals surface area contributed by atoms with Crippen molar-refractivity contribution in [1.82, 2.24) is 0 Å². The van der Waals surface area contributed by atoms with Crippen LogP contribution in [0.3, 0.4) is 0 Å². The van der Waals surface area contributed by atoms with Crippen molar-refractivity contribution in [3.8, 4) is 11.1 Å². The van der Waals surface area contributed by atoms with E-state index >= 15 is 0 Å². The lowest BCUT2D eigenvalue weighted by molar-refractivity contribution is -0.135. The number of aryl methyl sites for hydroxylation is 1. The van der Waals surface area contributed by atoms with Gasteiger partial charge in [0.15, 0.2) is 0 Å². The number of Topliss-reactive ketones (excluding diaryl/α,β-unsaturated/α-hetero) is 1. The van der Waals surface area contributed by atoms with E-state index in [1.54, 1.807) is 0 Å². The monoisotopic (exact) mass is 260 g/mol. The molecule has 0 fully saturated rings. The van der Waals surface area contributed by atoms with E-state index in [4.69, 9.17) is 0 Å². The second-order valence-electron chi connectivity index (χ2n) is 3.79. The first-order valence-electron chi connectivity index (χ1n) is 5.42. The molecule has 0 radical (unpaired) electrons. The predicted octanol–water partition coefficient (Wildman–Crippen LogP) is 3.08. The molecule has 1 heterocycles. The van der Waals surface area contributed by atoms with Crippen molar-refractivity contribution in [3.05, 3.63) is 46.2 Å². The Hall–Kier alpha value is -1.94. The third-order valence-electron chi connectivity index (χ3n) is 2.52. The van der Waals surface area contributed by atoms with Crippen molar-refractivity contribution >= 4 is 23.1 Å². The lowest BCUT2D eigenvalue weighted by atomic mass is 10.0. The van der Waals surface area contributed by atoms with Gasteiger partial charge in [-0.15, -0.1) is 11.3 Å². The van der Waals surface area contributed by atoms with E-state index in [0.29, 0.717) is 4.88 Å². The summed E-state index contributed by atoms with van der Waals surface area (Å²) in [5.74, 6) is -1.41. The van der Waals surface area contributed by atoms with Gasteiger partial charge in [0.25, 0.3) is 5.78 Å². The molecular weight excluding hydrogens is 248 g/mol. The molecule has 2 rings (SSSR count). The minimum absolute atomic E-state index is 0.436. The Balaban J connectivity index is 2.50. The second-order valence-corrected chi connectivity index (χ2v) is 5.04. The smallest absolute Gasteiger partial charge is 0.380 e. The van der Waals surface area contributed by atoms with Crippen LogP contribution in [0.1, 0.15) is 14.5 Å². The summed E-state index contributed by atoms with van der Waals surface area (Å²) >= 11 is 1.31. The molecule has 2 aromatic rings. The highest BCUT2D eigenvalue weighted by Crippen LogP contribution is 2.31. The Morgan fingerprint density at radius 1 is 1.17 bits per heavy atom. The maximum Gasteiger partial charge on any atom is 0.380 e. The third-order valence-corrected chi connectivity index (χ3v) is 3.57. The number of hydrogen-bond donors (Lipinski definition) is 0. The standard InChI is InChI=1S/C14H12O3S/c1-9-8-11(10-6-4-3-5-7-10)13(18-9)12(15)14(16)17-2/h3-8H,1-2H3. The zero-order chi connectivity index (χ0) is 13.1. The molecule has 0 aliphatic heterocycles. The highest BCUT2D eigenvalue weighted by molar-refractivity contribution is 7.15. The van der Waals surface area contributed by atoms with E-state index in [1.165, 1.54) is 18.4 Å². The number of carbonyl (C=O) groups excluding carboxylic acids is 2. The summed E-state index contributed by atoms with van der Waals surface area (Å²) in [5, 5.41) is 0. The van der Waals surface area contributed by atoms with Crippen LogP contribution in [-0.2, 0) is 9.53 Å². The Labute approximate surface area is 109 Å². The molecule has 0 aliphatic carbocycles. The summed E-state index contributed by atoms with van der Waals surface area (Å²) in [4.78, 5) is 24.7. The minimum atomic E-state index is -0.825. The first kappa shape index (κ1) is 12.5. The lowest BCUT2D eigenvalue weighted by Gasteiger charge is -2.01. The van der Waals surface area contributed by atoms with Crippen LogP contribution in [0.25, 0.3) is 11.1 Å². The van der Waals surface area contributed by atoms with Gasteiger partial charge < -0.3 is 4.74 Å². The first-order chi connectivity index (χ1) is 8.63. The van der Waals surface area contributed by atoms with Crippen molar-refractivity contribution in [2.45, 2.75) is 6.92 Å². The number of methoxy groups -OCH3 is 1. The Bertz CT molecular complexity index is 584. The van der Waals surface area contributed by atoms with Crippen LogP contribution in [-0.4, -0.2) is 18.9 Å². The largest absolute Gasteiger partial charge is 0.463 e. The van der Waals surface area contributed by atoms with E-state index in [0.717, 1.165) is 16.0 Å². The van der Waals surface area contributed by atoms with Crippen LogP contribution in [0.4, 0.5) is 0 Å². The number of ether oxygens (including phenoxy) is 1. The molecule has 3 nitrogen and oxygen atoms in total. The van der Waals surface area contributed by atoms with Gasteiger partial charge in [-0.1, -0.05) is 30.3 Å². The summed E-state index contributed by atoms with van der Waals surface area (Å²) in [6.07, 6.45) is 0. The molecular formula is C14H12O3S. The molecule has 1 aromatic carbocycles. The lowest BCUT2D eigenvalue weighted by Crippen LogP contribution is -2.15. The number of benzene rings is 1. The topological polar surface area (TPSA) is 43.4 Å². The van der Waals surface area contributed by atoms with Crippen molar-refractivity contribution in [3.63, 3.8) is 0 Å². The van der Waals surface area contributed by atoms with E-state index in [2.05, 4.69) is 4.74 Å². The van der Waals surface area contributed by atoms with Crippen LogP contribution in [0, 0.1) is 6.92 Å². The molecule has 0 unspecified atom stereocenters. The highest BCUT2D eigenvalue weighted by Gasteiger charge is 2.23. The molecule has 0 saturated heterocycles. The summed E-state index contributed by atoms with van der Waals surface area (Å²) in [6, 6.07) is 11.4. The van der Waals surface area contributed by atoms with Gasteiger partial charge in [-0.2, -0.15) is 0 Å². The normalized spacial score (nSPS) is 10.1. The van der Waals surface area contributed by atoms with Gasteiger partial charge in [0.2, 0.25) is 0 Å². The summed E-state index contributed by atoms with van der Waals surface area (Å²) in [7, 11) is 1.21. The maximum atomic E-state index is 11.9. The number of esters is 1. The zero-order valence-electron chi connectivity index (χ0n) is 10.1. The molecule has 4 heteroatoms. The van der Waals surface area contributed by atoms with Crippen LogP contribution < -0.4 is 0 Å². The summed E-state index contributed by atoms with van der Waals surface area (Å²) in [5.41, 5.74) is 1.71. The molecule has 0 spiro atoms. The molecule has 0 bridgehead atoms. The fourth-order valence-corrected chi connectivity index (χ4v) is 2.66. The molecule has 0 aliphatic rings. The van der Waals surface area contributed by atoms with Crippen molar-refractivity contribution in [1.29, 1.82) is 0 Å². The minimum Gasteiger partial charge on any atom is -0.463 e. The fraction of sp³-hybridized carbons (Fsp3) is 0.143. The number of carbonyl (C=O) groups is 2. The van der Waals surface area contributed by atoms with Crippen LogP contribution >= 0.6 is 11.3 Å². The molecule has 0 amide bonds. The molecule has 0 saturated carbocycles. The SMILES string of the molecule is COC(=O)C(=O)c1sc(C)cc1-c1ccccc1. The van der Waals surface area contributed by atoms with Crippen molar-refractivity contribution < 1.29 is 14.3 Å². The van der Waals surface area contributed by atoms with E-state index in [-0.39, 0.29) is 0 Å². The van der Waals surface area contributed by atoms with Gasteiger partial charge in [-0.3, -0.25) is 4.79 Å². The highest BCUT2D eigenvalue weighted by atomic mass is 32.1. The van der Waals surface area contributed by atoms with Gasteiger partial charge in [0.1, 0.15) is 0 Å². The summed E-state index contributed by atoms with van der Waals surface area (Å²) in [6.45, 7) is 1.91. The third kappa shape index (κ3) is 2.33. The average molecular weight is 260 g/mol. The molecule has 0 atom stereocenters. The Morgan fingerprint density at radius 3 is 2.44 bits per heavy atom. The first-order valence-corrected chi connectivity index (χ1v) is 6.23. The number of thiophene rings is 1. The van der Waals surface area contributed by atoms with E-state index < -0.39 is 11.8 Å². The predicted molar refractivity (Wildman–Crippen MR) is 70.8 cm³/mol. The zero-order valence-corrected chi connectivity index (χ0v) is 10.9. The fourth-order valence-electron chi connectivity index (χ4n) is 1.70. The summed E-state index contributed by atoms with van der Waals surface area (Å²) < 4.78 is 4.48. The molecule has 1 aromatic heterocycles. The molecule has 18 heavy (non-hydrogen) atoms. The van der Waals surface area contributed by atoms with Crippen LogP contribution in [0.2, 0.25) is 0 Å². The number of hydrogen-bond acceptors (Lipinski definition) is 4. The molecule has 92 valence electrons. The quantitative estimate of drug-likeness (QED) is 0.484. The maximum absolute atomic E-state index is 11.9. The van der Waals surface area contributed by atoms with Gasteiger partial charge in [0.05, 0.1) is 12.0 Å². The second kappa shape index (κ2) is 5.14. The van der Waals surface area contributed by atoms with Gasteiger partial charge in [0, 0.05) is 10.4 Å². The van der Waals surface area contributed by atoms with Gasteiger partial charge in [-0.25, -0.2) is 4.79 Å². The van der Waals surface area contributed by atoms with Gasteiger partial charge >= 0.3 is 5.97 Å². The van der Waals surface area contributed by atoms with Crippen LogP contribution in [0.15, 0.2) is 36.4 Å². The number of rotatable bonds is 3. The van der Waals surface area contributed by atoms with Crippen LogP contribution in [0.5, 0.6) is 0 Å². The molecule has 0 N–H and O–H groups in total. The number of ketones is 1. The van der Waals surface area contributed by atoms with Crippen molar-refractivity contribution in [2.24, 2.45) is 0 Å². The van der Waals surface area contributed by atoms with Gasteiger partial charge in [-0.05, 0) is 18.6 Å².